The van der Waals surface area contributed by atoms with Gasteiger partial charge in [-0.2, -0.15) is 5.26 Å². The summed E-state index contributed by atoms with van der Waals surface area (Å²) in [4.78, 5) is 0. The quantitative estimate of drug-likeness (QED) is 0.570. The van der Waals surface area contributed by atoms with Crippen molar-refractivity contribution < 1.29 is 22.9 Å². The lowest BCUT2D eigenvalue weighted by molar-refractivity contribution is 0.00578. The molecule has 0 bridgehead atoms. The SMILES string of the molecule is CCOP(=O)(OCC)c1ccc(C#N)cc1B1OC(C)(C)C(C)(C)O1. The first-order valence-corrected chi connectivity index (χ1v) is 9.94. The van der Waals surface area contributed by atoms with Crippen molar-refractivity contribution in [3.8, 4) is 6.07 Å². The third-order valence-corrected chi connectivity index (χ3v) is 6.75. The highest BCUT2D eigenvalue weighted by Gasteiger charge is 2.53. The minimum absolute atomic E-state index is 0.236. The fourth-order valence-corrected chi connectivity index (χ4v) is 4.32. The van der Waals surface area contributed by atoms with Crippen molar-refractivity contribution >= 4 is 25.5 Å². The molecule has 1 aliphatic heterocycles. The molecule has 0 unspecified atom stereocenters. The first-order chi connectivity index (χ1) is 11.6. The largest absolute Gasteiger partial charge is 0.495 e. The van der Waals surface area contributed by atoms with Gasteiger partial charge in [-0.25, -0.2) is 0 Å². The van der Waals surface area contributed by atoms with E-state index in [1.807, 2.05) is 27.7 Å². The molecule has 1 aromatic rings. The Kier molecular flexibility index (Phi) is 5.83. The molecular weight excluding hydrogens is 340 g/mol. The van der Waals surface area contributed by atoms with Gasteiger partial charge in [-0.15, -0.1) is 0 Å². The van der Waals surface area contributed by atoms with Gasteiger partial charge in [0.15, 0.2) is 0 Å². The molecule has 1 aliphatic rings. The molecule has 0 aliphatic carbocycles. The summed E-state index contributed by atoms with van der Waals surface area (Å²) in [5.41, 5.74) is -0.187. The number of hydrogen-bond donors (Lipinski definition) is 0. The van der Waals surface area contributed by atoms with E-state index in [-0.39, 0.29) is 13.2 Å². The van der Waals surface area contributed by atoms with E-state index in [4.69, 9.17) is 18.4 Å². The highest BCUT2D eigenvalue weighted by atomic mass is 31.2. The van der Waals surface area contributed by atoms with Crippen molar-refractivity contribution in [1.29, 1.82) is 5.26 Å². The Morgan fingerprint density at radius 3 is 2.08 bits per heavy atom. The van der Waals surface area contributed by atoms with Crippen molar-refractivity contribution in [2.75, 3.05) is 13.2 Å². The summed E-state index contributed by atoms with van der Waals surface area (Å²) in [6.45, 7) is 11.7. The summed E-state index contributed by atoms with van der Waals surface area (Å²) in [6, 6.07) is 6.91. The fourth-order valence-electron chi connectivity index (χ4n) is 2.55. The Hall–Kier alpha value is -1.16. The van der Waals surface area contributed by atoms with Crippen LogP contribution < -0.4 is 10.8 Å². The minimum Gasteiger partial charge on any atom is -0.399 e. The molecule has 136 valence electrons. The number of hydrogen-bond acceptors (Lipinski definition) is 6. The predicted octanol–water partition coefficient (Wildman–Crippen LogP) is 2.75. The van der Waals surface area contributed by atoms with Gasteiger partial charge in [-0.05, 0) is 65.2 Å². The Balaban J connectivity index is 2.57. The van der Waals surface area contributed by atoms with E-state index in [0.717, 1.165) is 0 Å². The third kappa shape index (κ3) is 3.84. The molecule has 8 heteroatoms. The summed E-state index contributed by atoms with van der Waals surface area (Å²) >= 11 is 0. The van der Waals surface area contributed by atoms with Crippen LogP contribution in [-0.4, -0.2) is 31.5 Å². The maximum Gasteiger partial charge on any atom is 0.495 e. The van der Waals surface area contributed by atoms with Crippen LogP contribution in [-0.2, 0) is 22.9 Å². The van der Waals surface area contributed by atoms with Crippen molar-refractivity contribution in [3.63, 3.8) is 0 Å². The van der Waals surface area contributed by atoms with E-state index in [9.17, 15) is 9.83 Å². The summed E-state index contributed by atoms with van der Waals surface area (Å²) in [5.74, 6) is 0. The van der Waals surface area contributed by atoms with Gasteiger partial charge >= 0.3 is 14.7 Å². The molecular formula is C17H25BNO5P. The average molecular weight is 365 g/mol. The first kappa shape index (κ1) is 20.2. The van der Waals surface area contributed by atoms with Gasteiger partial charge in [0.05, 0.1) is 41.4 Å². The summed E-state index contributed by atoms with van der Waals surface area (Å²) in [7, 11) is -4.31. The molecule has 0 radical (unpaired) electrons. The van der Waals surface area contributed by atoms with Crippen LogP contribution in [0.4, 0.5) is 0 Å². The van der Waals surface area contributed by atoms with Crippen molar-refractivity contribution in [1.82, 2.24) is 0 Å². The van der Waals surface area contributed by atoms with E-state index in [1.165, 1.54) is 0 Å². The number of benzene rings is 1. The second-order valence-corrected chi connectivity index (χ2v) is 8.80. The second kappa shape index (κ2) is 7.22. The van der Waals surface area contributed by atoms with Crippen LogP contribution in [0.3, 0.4) is 0 Å². The molecule has 0 atom stereocenters. The van der Waals surface area contributed by atoms with Gasteiger partial charge in [0.1, 0.15) is 0 Å². The van der Waals surface area contributed by atoms with E-state index in [1.54, 1.807) is 32.0 Å². The van der Waals surface area contributed by atoms with Crippen molar-refractivity contribution in [2.24, 2.45) is 0 Å². The molecule has 0 N–H and O–H groups in total. The summed E-state index contributed by atoms with van der Waals surface area (Å²) in [5, 5.41) is 9.62. The lowest BCUT2D eigenvalue weighted by atomic mass is 9.78. The van der Waals surface area contributed by atoms with E-state index >= 15 is 0 Å². The molecule has 1 saturated heterocycles. The van der Waals surface area contributed by atoms with Crippen LogP contribution in [0.15, 0.2) is 18.2 Å². The van der Waals surface area contributed by atoms with Crippen LogP contribution >= 0.6 is 7.60 Å². The molecule has 1 fully saturated rings. The average Bonchev–Trinajstić information content (AvgIpc) is 2.75. The zero-order valence-corrected chi connectivity index (χ0v) is 16.6. The molecule has 25 heavy (non-hydrogen) atoms. The van der Waals surface area contributed by atoms with Gasteiger partial charge < -0.3 is 18.4 Å². The summed E-state index contributed by atoms with van der Waals surface area (Å²) < 4.78 is 36.4. The van der Waals surface area contributed by atoms with Crippen molar-refractivity contribution in [2.45, 2.75) is 52.7 Å². The van der Waals surface area contributed by atoms with Crippen LogP contribution in [0, 0.1) is 11.3 Å². The Morgan fingerprint density at radius 1 is 1.12 bits per heavy atom. The van der Waals surface area contributed by atoms with E-state index in [2.05, 4.69) is 6.07 Å². The number of nitriles is 1. The highest BCUT2D eigenvalue weighted by Crippen LogP contribution is 2.47. The highest BCUT2D eigenvalue weighted by molar-refractivity contribution is 7.62. The zero-order chi connectivity index (χ0) is 18.9. The lowest BCUT2D eigenvalue weighted by Gasteiger charge is -2.32. The molecule has 0 saturated carbocycles. The molecule has 0 aromatic heterocycles. The van der Waals surface area contributed by atoms with Gasteiger partial charge in [0.2, 0.25) is 0 Å². The minimum atomic E-state index is -3.55. The van der Waals surface area contributed by atoms with E-state index in [0.29, 0.717) is 16.3 Å². The van der Waals surface area contributed by atoms with Gasteiger partial charge in [-0.1, -0.05) is 0 Å². The van der Waals surface area contributed by atoms with Gasteiger partial charge in [0.25, 0.3) is 0 Å². The number of nitrogens with zero attached hydrogens (tertiary/aromatic N) is 1. The monoisotopic (exact) mass is 365 g/mol. The van der Waals surface area contributed by atoms with Crippen LogP contribution in [0.1, 0.15) is 47.1 Å². The Labute approximate surface area is 150 Å². The number of rotatable bonds is 6. The third-order valence-electron chi connectivity index (χ3n) is 4.56. The molecule has 2 rings (SSSR count). The van der Waals surface area contributed by atoms with Crippen molar-refractivity contribution in [3.05, 3.63) is 23.8 Å². The van der Waals surface area contributed by atoms with Gasteiger partial charge in [-0.3, -0.25) is 4.57 Å². The molecule has 0 amide bonds. The molecule has 0 spiro atoms. The first-order valence-electron chi connectivity index (χ1n) is 8.39. The Morgan fingerprint density at radius 2 is 1.64 bits per heavy atom. The summed E-state index contributed by atoms with van der Waals surface area (Å²) in [6.07, 6.45) is 0. The molecule has 1 heterocycles. The normalized spacial score (nSPS) is 19.0. The maximum absolute atomic E-state index is 13.3. The zero-order valence-electron chi connectivity index (χ0n) is 15.7. The van der Waals surface area contributed by atoms with Crippen LogP contribution in [0.25, 0.3) is 0 Å². The predicted molar refractivity (Wildman–Crippen MR) is 97.4 cm³/mol. The van der Waals surface area contributed by atoms with Crippen LogP contribution in [0.5, 0.6) is 0 Å². The molecule has 1 aromatic carbocycles. The Bertz CT molecular complexity index is 702. The van der Waals surface area contributed by atoms with Crippen LogP contribution in [0.2, 0.25) is 0 Å². The van der Waals surface area contributed by atoms with E-state index < -0.39 is 25.9 Å². The maximum atomic E-state index is 13.3. The second-order valence-electron chi connectivity index (χ2n) is 6.81. The topological polar surface area (TPSA) is 77.8 Å². The standard InChI is InChI=1S/C17H25BNO5P/c1-7-21-25(20,22-8-2)15-10-9-13(12-19)11-14(15)18-23-16(3,4)17(5,6)24-18/h9-11H,7-8H2,1-6H3. The fraction of sp³-hybridized carbons (Fsp3) is 0.588. The van der Waals surface area contributed by atoms with Gasteiger partial charge in [0, 0.05) is 0 Å². The lowest BCUT2D eigenvalue weighted by Crippen LogP contribution is -2.44. The molecule has 6 nitrogen and oxygen atoms in total. The smallest absolute Gasteiger partial charge is 0.399 e.